The number of piperidine rings is 1. The maximum absolute atomic E-state index is 12.4. The Morgan fingerprint density at radius 2 is 2.20 bits per heavy atom. The minimum atomic E-state index is -0.115. The number of aromatic nitrogens is 2. The zero-order valence-electron chi connectivity index (χ0n) is 13.8. The number of hydrogen-bond acceptors (Lipinski definition) is 5. The molecule has 1 aliphatic carbocycles. The molecule has 1 fully saturated rings. The maximum Gasteiger partial charge on any atom is 0.259 e. The first-order chi connectivity index (χ1) is 12.1. The minimum Gasteiger partial charge on any atom is -0.356 e. The lowest BCUT2D eigenvalue weighted by Crippen LogP contribution is -2.45. The molecule has 2 aromatic heterocycles. The lowest BCUT2D eigenvalue weighted by atomic mass is 10.1. The number of nitrogens with zero attached hydrogens (tertiary/aromatic N) is 1. The van der Waals surface area contributed by atoms with Crippen molar-refractivity contribution in [2.75, 3.05) is 6.54 Å². The van der Waals surface area contributed by atoms with Crippen LogP contribution in [0.25, 0.3) is 10.2 Å². The molecule has 0 bridgehead atoms. The Kier molecular flexibility index (Phi) is 4.29. The topological polar surface area (TPSA) is 104 Å². The third-order valence-electron chi connectivity index (χ3n) is 4.82. The van der Waals surface area contributed by atoms with Crippen molar-refractivity contribution in [3.8, 4) is 0 Å². The van der Waals surface area contributed by atoms with Gasteiger partial charge >= 0.3 is 0 Å². The largest absolute Gasteiger partial charge is 0.356 e. The zero-order chi connectivity index (χ0) is 17.4. The van der Waals surface area contributed by atoms with Crippen LogP contribution in [-0.2, 0) is 28.9 Å². The number of aryl methyl sites for hydroxylation is 3. The molecule has 3 N–H and O–H groups in total. The predicted molar refractivity (Wildman–Crippen MR) is 94.8 cm³/mol. The summed E-state index contributed by atoms with van der Waals surface area (Å²) in [6.07, 6.45) is 4.81. The van der Waals surface area contributed by atoms with E-state index in [4.69, 9.17) is 0 Å². The normalized spacial score (nSPS) is 19.7. The van der Waals surface area contributed by atoms with Crippen molar-refractivity contribution in [1.29, 1.82) is 0 Å². The second kappa shape index (κ2) is 6.59. The van der Waals surface area contributed by atoms with E-state index in [-0.39, 0.29) is 29.8 Å². The van der Waals surface area contributed by atoms with Crippen LogP contribution in [0.15, 0.2) is 4.79 Å². The Labute approximate surface area is 148 Å². The Balaban J connectivity index is 1.42. The second-order valence-corrected chi connectivity index (χ2v) is 7.74. The fraction of sp³-hybridized carbons (Fsp3) is 0.529. The van der Waals surface area contributed by atoms with Gasteiger partial charge in [-0.25, -0.2) is 4.98 Å². The van der Waals surface area contributed by atoms with E-state index in [0.29, 0.717) is 25.2 Å². The van der Waals surface area contributed by atoms with Gasteiger partial charge in [0, 0.05) is 36.7 Å². The van der Waals surface area contributed by atoms with Gasteiger partial charge in [-0.3, -0.25) is 14.4 Å². The Bertz CT molecular complexity index is 901. The summed E-state index contributed by atoms with van der Waals surface area (Å²) >= 11 is 1.60. The average molecular weight is 360 g/mol. The van der Waals surface area contributed by atoms with Crippen molar-refractivity contribution in [2.45, 2.75) is 51.0 Å². The highest BCUT2D eigenvalue weighted by molar-refractivity contribution is 7.18. The highest BCUT2D eigenvalue weighted by Crippen LogP contribution is 2.34. The molecule has 0 aromatic carbocycles. The Hall–Kier alpha value is -2.22. The van der Waals surface area contributed by atoms with E-state index < -0.39 is 0 Å². The first kappa shape index (κ1) is 16.3. The van der Waals surface area contributed by atoms with Crippen molar-refractivity contribution in [3.05, 3.63) is 26.6 Å². The molecule has 0 radical (unpaired) electrons. The van der Waals surface area contributed by atoms with E-state index in [9.17, 15) is 14.4 Å². The van der Waals surface area contributed by atoms with Crippen LogP contribution in [0.2, 0.25) is 0 Å². The predicted octanol–water partition coefficient (Wildman–Crippen LogP) is 0.801. The summed E-state index contributed by atoms with van der Waals surface area (Å²) in [6.45, 7) is 0.596. The van der Waals surface area contributed by atoms with E-state index in [1.54, 1.807) is 11.3 Å². The number of nitrogens with one attached hydrogen (secondary N) is 3. The zero-order valence-corrected chi connectivity index (χ0v) is 14.6. The van der Waals surface area contributed by atoms with Crippen LogP contribution in [-0.4, -0.2) is 34.4 Å². The smallest absolute Gasteiger partial charge is 0.259 e. The first-order valence-electron chi connectivity index (χ1n) is 8.69. The molecular weight excluding hydrogens is 340 g/mol. The van der Waals surface area contributed by atoms with Crippen molar-refractivity contribution in [2.24, 2.45) is 0 Å². The number of thiophene rings is 1. The van der Waals surface area contributed by atoms with Crippen molar-refractivity contribution >= 4 is 33.4 Å². The van der Waals surface area contributed by atoms with Crippen LogP contribution in [0.3, 0.4) is 0 Å². The molecule has 8 heteroatoms. The summed E-state index contributed by atoms with van der Waals surface area (Å²) in [5, 5.41) is 6.36. The molecule has 1 saturated heterocycles. The van der Waals surface area contributed by atoms with Crippen molar-refractivity contribution < 1.29 is 9.59 Å². The van der Waals surface area contributed by atoms with Crippen LogP contribution in [0.4, 0.5) is 0 Å². The number of carbonyl (C=O) groups is 2. The van der Waals surface area contributed by atoms with Crippen LogP contribution < -0.4 is 16.2 Å². The average Bonchev–Trinajstić information content (AvgIpc) is 3.13. The van der Waals surface area contributed by atoms with Gasteiger partial charge in [-0.1, -0.05) is 0 Å². The summed E-state index contributed by atoms with van der Waals surface area (Å²) in [5.41, 5.74) is 1.07. The highest BCUT2D eigenvalue weighted by Gasteiger charge is 2.22. The van der Waals surface area contributed by atoms with Gasteiger partial charge in [0.2, 0.25) is 11.8 Å². The van der Waals surface area contributed by atoms with Gasteiger partial charge in [0.25, 0.3) is 5.56 Å². The van der Waals surface area contributed by atoms with Gasteiger partial charge in [-0.2, -0.15) is 0 Å². The fourth-order valence-electron chi connectivity index (χ4n) is 3.60. The molecule has 7 nitrogen and oxygen atoms in total. The second-order valence-electron chi connectivity index (χ2n) is 6.66. The SMILES string of the molecule is O=C1CC(NC(=O)CCc2nc3sc4c(c3c(=O)[nH]2)CCC4)CCN1. The number of H-pyrrole nitrogens is 1. The molecule has 0 saturated carbocycles. The van der Waals surface area contributed by atoms with Crippen molar-refractivity contribution in [3.63, 3.8) is 0 Å². The minimum absolute atomic E-state index is 0.0289. The summed E-state index contributed by atoms with van der Waals surface area (Å²) in [5.74, 6) is 0.406. The lowest BCUT2D eigenvalue weighted by Gasteiger charge is -2.23. The lowest BCUT2D eigenvalue weighted by molar-refractivity contribution is -0.124. The molecule has 3 heterocycles. The molecule has 1 atom stereocenters. The van der Waals surface area contributed by atoms with Gasteiger partial charge < -0.3 is 15.6 Å². The van der Waals surface area contributed by atoms with E-state index in [1.807, 2.05) is 0 Å². The van der Waals surface area contributed by atoms with Gasteiger partial charge in [-0.05, 0) is 31.2 Å². The molecule has 1 aliphatic heterocycles. The maximum atomic E-state index is 12.4. The monoisotopic (exact) mass is 360 g/mol. The summed E-state index contributed by atoms with van der Waals surface area (Å²) in [6, 6.07) is -0.101. The van der Waals surface area contributed by atoms with Crippen molar-refractivity contribution in [1.82, 2.24) is 20.6 Å². The van der Waals surface area contributed by atoms with E-state index >= 15 is 0 Å². The number of rotatable bonds is 4. The van der Waals surface area contributed by atoms with Crippen LogP contribution in [0.1, 0.15) is 41.9 Å². The molecule has 4 rings (SSSR count). The fourth-order valence-corrected chi connectivity index (χ4v) is 4.88. The van der Waals surface area contributed by atoms with Gasteiger partial charge in [0.05, 0.1) is 5.39 Å². The molecule has 132 valence electrons. The summed E-state index contributed by atoms with van der Waals surface area (Å²) in [4.78, 5) is 45.3. The molecule has 25 heavy (non-hydrogen) atoms. The van der Waals surface area contributed by atoms with Gasteiger partial charge in [-0.15, -0.1) is 11.3 Å². The Morgan fingerprint density at radius 1 is 1.32 bits per heavy atom. The number of amides is 2. The van der Waals surface area contributed by atoms with E-state index in [0.717, 1.165) is 41.5 Å². The Morgan fingerprint density at radius 3 is 3.04 bits per heavy atom. The number of carbonyl (C=O) groups excluding carboxylic acids is 2. The van der Waals surface area contributed by atoms with Gasteiger partial charge in [0.15, 0.2) is 0 Å². The van der Waals surface area contributed by atoms with Crippen LogP contribution >= 0.6 is 11.3 Å². The quantitative estimate of drug-likeness (QED) is 0.750. The van der Waals surface area contributed by atoms with Crippen LogP contribution in [0.5, 0.6) is 0 Å². The molecule has 2 amide bonds. The highest BCUT2D eigenvalue weighted by atomic mass is 32.1. The third-order valence-corrected chi connectivity index (χ3v) is 6.01. The number of aromatic amines is 1. The first-order valence-corrected chi connectivity index (χ1v) is 9.51. The van der Waals surface area contributed by atoms with E-state index in [2.05, 4.69) is 20.6 Å². The van der Waals surface area contributed by atoms with E-state index in [1.165, 1.54) is 4.88 Å². The van der Waals surface area contributed by atoms with Gasteiger partial charge in [0.1, 0.15) is 10.7 Å². The molecule has 2 aliphatic rings. The summed E-state index contributed by atoms with van der Waals surface area (Å²) in [7, 11) is 0. The number of hydrogen-bond donors (Lipinski definition) is 3. The molecule has 1 unspecified atom stereocenters. The summed E-state index contributed by atoms with van der Waals surface area (Å²) < 4.78 is 0. The molecular formula is C17H20N4O3S. The third kappa shape index (κ3) is 3.30. The molecule has 0 spiro atoms. The number of fused-ring (bicyclic) bond motifs is 3. The standard InChI is InChI=1S/C17H20N4O3S/c22-13(19-9-6-7-18-14(23)8-9)5-4-12-20-16(24)15-10-2-1-3-11(10)25-17(15)21-12/h9H,1-8H2,(H,18,23)(H,19,22)(H,20,21,24). The molecule has 2 aromatic rings. The van der Waals surface area contributed by atoms with Crippen LogP contribution in [0, 0.1) is 0 Å².